The number of carbonyl (C=O) groups is 2. The summed E-state index contributed by atoms with van der Waals surface area (Å²) in [5.74, 6) is -0.189. The fourth-order valence-corrected chi connectivity index (χ4v) is 1.95. The minimum Gasteiger partial charge on any atom is -0.319 e. The van der Waals surface area contributed by atoms with E-state index in [1.165, 1.54) is 4.90 Å². The number of rotatable bonds is 2. The smallest absolute Gasteiger partial charge is 0.319 e. The van der Waals surface area contributed by atoms with Gasteiger partial charge >= 0.3 is 6.03 Å². The molecule has 84 valence electrons. The van der Waals surface area contributed by atoms with Gasteiger partial charge in [-0.15, -0.1) is 0 Å². The van der Waals surface area contributed by atoms with E-state index in [1.54, 1.807) is 13.8 Å². The predicted molar refractivity (Wildman–Crippen MR) is 59.7 cm³/mol. The Hall–Kier alpha value is -1.84. The molecule has 1 aromatic rings. The number of imide groups is 1. The molecule has 0 bridgehead atoms. The first-order chi connectivity index (χ1) is 7.59. The Morgan fingerprint density at radius 1 is 1.25 bits per heavy atom. The van der Waals surface area contributed by atoms with Crippen molar-refractivity contribution in [3.63, 3.8) is 0 Å². The largest absolute Gasteiger partial charge is 0.325 e. The fraction of sp³-hybridized carbons (Fsp3) is 0.333. The van der Waals surface area contributed by atoms with Crippen LogP contribution in [0, 0.1) is 0 Å². The number of hydrogen-bond donors (Lipinski definition) is 1. The second-order valence-electron chi connectivity index (χ2n) is 3.97. The average molecular weight is 218 g/mol. The van der Waals surface area contributed by atoms with Gasteiger partial charge in [0.15, 0.2) is 0 Å². The molecule has 1 saturated heterocycles. The zero-order valence-electron chi connectivity index (χ0n) is 9.36. The molecule has 1 aromatic carbocycles. The van der Waals surface area contributed by atoms with Crippen LogP contribution in [0.3, 0.4) is 0 Å². The molecule has 0 aromatic heterocycles. The number of nitrogens with one attached hydrogen (secondary N) is 1. The molecule has 1 fully saturated rings. The summed E-state index contributed by atoms with van der Waals surface area (Å²) in [4.78, 5) is 24.9. The lowest BCUT2D eigenvalue weighted by molar-refractivity contribution is -0.130. The molecule has 16 heavy (non-hydrogen) atoms. The molecule has 1 aliphatic heterocycles. The van der Waals surface area contributed by atoms with Crippen molar-refractivity contribution >= 4 is 11.9 Å². The third kappa shape index (κ3) is 1.38. The number of carbonyl (C=O) groups excluding carboxylic acids is 2. The van der Waals surface area contributed by atoms with E-state index in [2.05, 4.69) is 5.32 Å². The monoisotopic (exact) mass is 218 g/mol. The minimum atomic E-state index is -0.922. The Balaban J connectivity index is 2.42. The van der Waals surface area contributed by atoms with Crippen molar-refractivity contribution in [2.24, 2.45) is 0 Å². The summed E-state index contributed by atoms with van der Waals surface area (Å²) in [5, 5.41) is 2.73. The Bertz CT molecular complexity index is 430. The van der Waals surface area contributed by atoms with Crippen LogP contribution in [0.2, 0.25) is 0 Å². The molecular formula is C12H14N2O2. The van der Waals surface area contributed by atoms with Crippen LogP contribution in [-0.2, 0) is 10.3 Å². The first-order valence-corrected chi connectivity index (χ1v) is 5.29. The Morgan fingerprint density at radius 2 is 1.88 bits per heavy atom. The molecule has 2 rings (SSSR count). The maximum atomic E-state index is 12.1. The quantitative estimate of drug-likeness (QED) is 0.764. The van der Waals surface area contributed by atoms with E-state index in [0.29, 0.717) is 6.54 Å². The highest BCUT2D eigenvalue weighted by molar-refractivity contribution is 6.07. The van der Waals surface area contributed by atoms with Gasteiger partial charge in [-0.3, -0.25) is 9.69 Å². The van der Waals surface area contributed by atoms with Gasteiger partial charge in [0.1, 0.15) is 5.54 Å². The van der Waals surface area contributed by atoms with Crippen molar-refractivity contribution < 1.29 is 9.59 Å². The van der Waals surface area contributed by atoms with Crippen molar-refractivity contribution in [1.29, 1.82) is 0 Å². The number of nitrogens with zero attached hydrogens (tertiary/aromatic N) is 1. The summed E-state index contributed by atoms with van der Waals surface area (Å²) < 4.78 is 0. The number of amides is 3. The summed E-state index contributed by atoms with van der Waals surface area (Å²) in [6.45, 7) is 3.92. The molecule has 4 nitrogen and oxygen atoms in total. The van der Waals surface area contributed by atoms with Crippen LogP contribution in [0.4, 0.5) is 4.79 Å². The normalized spacial score (nSPS) is 24.8. The predicted octanol–water partition coefficient (Wildman–Crippen LogP) is 1.47. The molecule has 1 heterocycles. The van der Waals surface area contributed by atoms with Gasteiger partial charge < -0.3 is 5.32 Å². The molecule has 0 saturated carbocycles. The van der Waals surface area contributed by atoms with Crippen molar-refractivity contribution in [2.75, 3.05) is 6.54 Å². The summed E-state index contributed by atoms with van der Waals surface area (Å²) in [7, 11) is 0. The molecule has 0 radical (unpaired) electrons. The topological polar surface area (TPSA) is 49.4 Å². The number of likely N-dealkylation sites (N-methyl/N-ethyl adjacent to an activating group) is 1. The van der Waals surface area contributed by atoms with E-state index in [-0.39, 0.29) is 11.9 Å². The second kappa shape index (κ2) is 3.63. The van der Waals surface area contributed by atoms with Crippen molar-refractivity contribution in [2.45, 2.75) is 19.4 Å². The lowest BCUT2D eigenvalue weighted by Crippen LogP contribution is -2.40. The van der Waals surface area contributed by atoms with Gasteiger partial charge in [-0.1, -0.05) is 30.3 Å². The van der Waals surface area contributed by atoms with Gasteiger partial charge in [0.25, 0.3) is 5.91 Å². The summed E-state index contributed by atoms with van der Waals surface area (Å²) in [5.41, 5.74) is -0.113. The lowest BCUT2D eigenvalue weighted by Gasteiger charge is -2.21. The molecule has 0 aliphatic carbocycles. The first-order valence-electron chi connectivity index (χ1n) is 5.29. The summed E-state index contributed by atoms with van der Waals surface area (Å²) in [6.07, 6.45) is 0. The molecule has 3 amide bonds. The third-order valence-corrected chi connectivity index (χ3v) is 2.94. The fourth-order valence-electron chi connectivity index (χ4n) is 1.95. The molecule has 1 aliphatic rings. The Labute approximate surface area is 94.2 Å². The maximum absolute atomic E-state index is 12.1. The molecule has 1 N–H and O–H groups in total. The standard InChI is InChI=1S/C12H14N2O2/c1-3-14-10(15)12(2,13-11(14)16)9-7-5-4-6-8-9/h4-8H,3H2,1-2H3,(H,13,16)/t12-/m0/s1. The van der Waals surface area contributed by atoms with Gasteiger partial charge in [0.05, 0.1) is 0 Å². The lowest BCUT2D eigenvalue weighted by atomic mass is 9.92. The van der Waals surface area contributed by atoms with Crippen LogP contribution >= 0.6 is 0 Å². The van der Waals surface area contributed by atoms with E-state index in [1.807, 2.05) is 30.3 Å². The molecule has 0 spiro atoms. The van der Waals surface area contributed by atoms with Crippen LogP contribution in [0.5, 0.6) is 0 Å². The van der Waals surface area contributed by atoms with Gasteiger partial charge in [-0.05, 0) is 19.4 Å². The molecule has 1 atom stereocenters. The highest BCUT2D eigenvalue weighted by atomic mass is 16.2. The van der Waals surface area contributed by atoms with E-state index >= 15 is 0 Å². The maximum Gasteiger partial charge on any atom is 0.325 e. The third-order valence-electron chi connectivity index (χ3n) is 2.94. The molecular weight excluding hydrogens is 204 g/mol. The summed E-state index contributed by atoms with van der Waals surface area (Å²) >= 11 is 0. The van der Waals surface area contributed by atoms with Crippen LogP contribution in [0.25, 0.3) is 0 Å². The van der Waals surface area contributed by atoms with Crippen LogP contribution < -0.4 is 5.32 Å². The number of urea groups is 1. The SMILES string of the molecule is CCN1C(=O)N[C@@](C)(c2ccccc2)C1=O. The number of hydrogen-bond acceptors (Lipinski definition) is 2. The summed E-state index contributed by atoms with van der Waals surface area (Å²) in [6, 6.07) is 8.96. The van der Waals surface area contributed by atoms with Gasteiger partial charge in [0.2, 0.25) is 0 Å². The average Bonchev–Trinajstić information content (AvgIpc) is 2.52. The van der Waals surface area contributed by atoms with Crippen molar-refractivity contribution in [3.8, 4) is 0 Å². The van der Waals surface area contributed by atoms with Crippen LogP contribution in [0.1, 0.15) is 19.4 Å². The number of benzene rings is 1. The zero-order valence-corrected chi connectivity index (χ0v) is 9.36. The van der Waals surface area contributed by atoms with Crippen molar-refractivity contribution in [1.82, 2.24) is 10.2 Å². The van der Waals surface area contributed by atoms with E-state index in [0.717, 1.165) is 5.56 Å². The van der Waals surface area contributed by atoms with Crippen LogP contribution in [0.15, 0.2) is 30.3 Å². The highest BCUT2D eigenvalue weighted by Gasteiger charge is 2.48. The minimum absolute atomic E-state index is 0.189. The zero-order chi connectivity index (χ0) is 11.8. The Kier molecular flexibility index (Phi) is 2.42. The van der Waals surface area contributed by atoms with Crippen LogP contribution in [-0.4, -0.2) is 23.4 Å². The highest BCUT2D eigenvalue weighted by Crippen LogP contribution is 2.28. The molecule has 4 heteroatoms. The van der Waals surface area contributed by atoms with E-state index in [9.17, 15) is 9.59 Å². The van der Waals surface area contributed by atoms with Crippen molar-refractivity contribution in [3.05, 3.63) is 35.9 Å². The Morgan fingerprint density at radius 3 is 2.38 bits per heavy atom. The molecule has 0 unspecified atom stereocenters. The van der Waals surface area contributed by atoms with E-state index < -0.39 is 5.54 Å². The van der Waals surface area contributed by atoms with E-state index in [4.69, 9.17) is 0 Å². The first kappa shape index (κ1) is 10.7. The van der Waals surface area contributed by atoms with Gasteiger partial charge in [0, 0.05) is 6.54 Å². The van der Waals surface area contributed by atoms with Gasteiger partial charge in [-0.2, -0.15) is 0 Å². The van der Waals surface area contributed by atoms with Gasteiger partial charge in [-0.25, -0.2) is 4.79 Å². The second-order valence-corrected chi connectivity index (χ2v) is 3.97.